The van der Waals surface area contributed by atoms with Gasteiger partial charge in [0.2, 0.25) is 0 Å². The Bertz CT molecular complexity index is 862. The molecule has 0 spiro atoms. The van der Waals surface area contributed by atoms with E-state index in [4.69, 9.17) is 22.6 Å². The van der Waals surface area contributed by atoms with Gasteiger partial charge in [-0.15, -0.1) is 0 Å². The Morgan fingerprint density at radius 3 is 2.21 bits per heavy atom. The highest BCUT2D eigenvalue weighted by molar-refractivity contribution is 7.42. The largest absolute Gasteiger partial charge is 0.425 e. The van der Waals surface area contributed by atoms with Crippen LogP contribution in [0.5, 0.6) is 5.75 Å². The van der Waals surface area contributed by atoms with E-state index in [1.807, 2.05) is 12.1 Å². The van der Waals surface area contributed by atoms with Gasteiger partial charge in [0.15, 0.2) is 5.75 Å². The monoisotopic (exact) mass is 583 g/mol. The summed E-state index contributed by atoms with van der Waals surface area (Å²) >= 11 is 0. The minimum absolute atomic E-state index is 0.0589. The number of hydrogen-bond donors (Lipinski definition) is 1. The Labute approximate surface area is 239 Å². The molecule has 1 aromatic heterocycles. The summed E-state index contributed by atoms with van der Waals surface area (Å²) in [6, 6.07) is 3.75. The van der Waals surface area contributed by atoms with E-state index in [9.17, 15) is 4.89 Å². The van der Waals surface area contributed by atoms with E-state index < -0.39 is 17.2 Å². The fourth-order valence-electron chi connectivity index (χ4n) is 6.45. The zero-order valence-corrected chi connectivity index (χ0v) is 26.5. The van der Waals surface area contributed by atoms with Gasteiger partial charge in [0, 0.05) is 6.20 Å². The summed E-state index contributed by atoms with van der Waals surface area (Å²) in [5, 5.41) is 0. The average Bonchev–Trinajstić information content (AvgIpc) is 2.88. The van der Waals surface area contributed by atoms with Gasteiger partial charge in [-0.3, -0.25) is 14.0 Å². The van der Waals surface area contributed by atoms with E-state index in [-0.39, 0.29) is 24.9 Å². The smallest absolute Gasteiger partial charge is 0.397 e. The summed E-state index contributed by atoms with van der Waals surface area (Å²) in [5.41, 5.74) is 0.619. The molecule has 3 aliphatic carbocycles. The van der Waals surface area contributed by atoms with E-state index in [1.165, 1.54) is 32.1 Å². The Morgan fingerprint density at radius 2 is 1.54 bits per heavy atom. The lowest BCUT2D eigenvalue weighted by Gasteiger charge is -2.38. The molecule has 0 amide bonds. The van der Waals surface area contributed by atoms with Gasteiger partial charge in [-0.25, -0.2) is 0 Å². The number of hydrogen-bond acceptors (Lipinski definition) is 7. The Kier molecular flexibility index (Phi) is 12.7. The van der Waals surface area contributed by atoms with Crippen LogP contribution in [0.25, 0.3) is 0 Å². The van der Waals surface area contributed by atoms with Crippen molar-refractivity contribution in [3.05, 3.63) is 24.0 Å². The fraction of sp³-hybridized carbons (Fsp3) is 0.833. The van der Waals surface area contributed by atoms with Crippen molar-refractivity contribution in [2.75, 3.05) is 0 Å². The van der Waals surface area contributed by atoms with Crippen molar-refractivity contribution in [3.8, 4) is 5.75 Å². The van der Waals surface area contributed by atoms with Gasteiger partial charge in [-0.1, -0.05) is 66.7 Å². The van der Waals surface area contributed by atoms with Gasteiger partial charge in [0.25, 0.3) is 0 Å². The van der Waals surface area contributed by atoms with E-state index in [1.54, 1.807) is 6.20 Å². The van der Waals surface area contributed by atoms with Crippen LogP contribution in [0.1, 0.15) is 111 Å². The molecule has 1 aromatic rings. The summed E-state index contributed by atoms with van der Waals surface area (Å²) in [5.74, 6) is 3.54. The SMILES string of the molecule is CC1CCCC(OP(O)OCc2ncccc2OP(OC2CCCC(C)C2)O[C@@H]2C[C@H](C)CCC2C(C)C)C1. The number of rotatable bonds is 12. The third-order valence-corrected chi connectivity index (χ3v) is 10.9. The topological polar surface area (TPSA) is 79.3 Å². The maximum Gasteiger partial charge on any atom is 0.397 e. The second-order valence-electron chi connectivity index (χ2n) is 12.7. The van der Waals surface area contributed by atoms with Crippen LogP contribution in [0.4, 0.5) is 0 Å². The zero-order valence-electron chi connectivity index (χ0n) is 24.7. The first kappa shape index (κ1) is 31.5. The Balaban J connectivity index is 1.42. The van der Waals surface area contributed by atoms with Crippen LogP contribution < -0.4 is 4.52 Å². The summed E-state index contributed by atoms with van der Waals surface area (Å²) < 4.78 is 31.5. The molecule has 3 fully saturated rings. The maximum atomic E-state index is 10.5. The molecule has 1 N–H and O–H groups in total. The van der Waals surface area contributed by atoms with Crippen LogP contribution in [-0.4, -0.2) is 28.2 Å². The second kappa shape index (κ2) is 15.7. The average molecular weight is 584 g/mol. The van der Waals surface area contributed by atoms with Crippen molar-refractivity contribution in [2.45, 2.75) is 130 Å². The predicted molar refractivity (Wildman–Crippen MR) is 157 cm³/mol. The van der Waals surface area contributed by atoms with Gasteiger partial charge >= 0.3 is 17.2 Å². The summed E-state index contributed by atoms with van der Waals surface area (Å²) in [6.07, 6.45) is 14.3. The molecule has 0 bridgehead atoms. The maximum absolute atomic E-state index is 10.5. The second-order valence-corrected chi connectivity index (χ2v) is 14.7. The molecule has 7 unspecified atom stereocenters. The van der Waals surface area contributed by atoms with Crippen LogP contribution in [0, 0.1) is 29.6 Å². The van der Waals surface area contributed by atoms with Gasteiger partial charge in [0.1, 0.15) is 12.3 Å². The normalized spacial score (nSPS) is 33.6. The van der Waals surface area contributed by atoms with E-state index >= 15 is 0 Å². The molecular formula is C30H51NO6P2. The lowest BCUT2D eigenvalue weighted by Crippen LogP contribution is -2.34. The quantitative estimate of drug-likeness (QED) is 0.246. The summed E-state index contributed by atoms with van der Waals surface area (Å²) in [6.45, 7) is 11.6. The van der Waals surface area contributed by atoms with Crippen molar-refractivity contribution in [2.24, 2.45) is 29.6 Å². The van der Waals surface area contributed by atoms with Gasteiger partial charge in [-0.05, 0) is 80.2 Å². The van der Waals surface area contributed by atoms with E-state index in [0.29, 0.717) is 41.0 Å². The molecule has 222 valence electrons. The van der Waals surface area contributed by atoms with Gasteiger partial charge in [-0.2, -0.15) is 0 Å². The molecule has 0 saturated heterocycles. The molecule has 4 rings (SSSR count). The molecule has 9 atom stereocenters. The van der Waals surface area contributed by atoms with E-state index in [0.717, 1.165) is 38.5 Å². The molecule has 3 saturated carbocycles. The standard InChI is InChI=1S/C30H51NO6P2/c1-21(2)27-15-14-24(5)19-30(27)37-39(35-26-12-7-10-23(4)18-26)36-29-13-8-16-31-28(29)20-33-38(32)34-25-11-6-9-22(3)17-25/h8,13,16,21-27,30,32H,6-7,9-12,14-15,17-20H2,1-5H3/t22?,23?,24-,25?,26?,27?,30-,38?,39?/m1/s1. The molecule has 3 aliphatic rings. The Hall–Kier alpha value is -0.390. The third kappa shape index (κ3) is 10.1. The third-order valence-electron chi connectivity index (χ3n) is 8.77. The first-order chi connectivity index (χ1) is 18.8. The lowest BCUT2D eigenvalue weighted by atomic mass is 9.75. The molecule has 1 heterocycles. The highest BCUT2D eigenvalue weighted by Crippen LogP contribution is 2.50. The van der Waals surface area contributed by atoms with Crippen LogP contribution in [0.3, 0.4) is 0 Å². The van der Waals surface area contributed by atoms with Gasteiger partial charge in [0.05, 0.1) is 18.3 Å². The first-order valence-electron chi connectivity index (χ1n) is 15.3. The predicted octanol–water partition coefficient (Wildman–Crippen LogP) is 9.09. The summed E-state index contributed by atoms with van der Waals surface area (Å²) in [7, 11) is -3.60. The van der Waals surface area contributed by atoms with Crippen LogP contribution in [0.2, 0.25) is 0 Å². The molecular weight excluding hydrogens is 532 g/mol. The van der Waals surface area contributed by atoms with Crippen molar-refractivity contribution in [3.63, 3.8) is 0 Å². The lowest BCUT2D eigenvalue weighted by molar-refractivity contribution is 0.0180. The van der Waals surface area contributed by atoms with Crippen molar-refractivity contribution < 1.29 is 27.5 Å². The molecule has 0 aliphatic heterocycles. The molecule has 7 nitrogen and oxygen atoms in total. The first-order valence-corrected chi connectivity index (χ1v) is 17.5. The molecule has 0 radical (unpaired) electrons. The van der Waals surface area contributed by atoms with Gasteiger partial charge < -0.3 is 18.5 Å². The van der Waals surface area contributed by atoms with Crippen molar-refractivity contribution in [1.29, 1.82) is 0 Å². The minimum atomic E-state index is -1.98. The van der Waals surface area contributed by atoms with Crippen LogP contribution in [0.15, 0.2) is 18.3 Å². The van der Waals surface area contributed by atoms with Crippen LogP contribution >= 0.6 is 17.2 Å². The van der Waals surface area contributed by atoms with Crippen molar-refractivity contribution >= 4 is 17.2 Å². The molecule has 9 heteroatoms. The van der Waals surface area contributed by atoms with E-state index in [2.05, 4.69) is 39.6 Å². The molecule has 39 heavy (non-hydrogen) atoms. The molecule has 0 aromatic carbocycles. The highest BCUT2D eigenvalue weighted by Gasteiger charge is 2.36. The minimum Gasteiger partial charge on any atom is -0.425 e. The highest BCUT2D eigenvalue weighted by atomic mass is 31.2. The van der Waals surface area contributed by atoms with Crippen molar-refractivity contribution in [1.82, 2.24) is 4.98 Å². The summed E-state index contributed by atoms with van der Waals surface area (Å²) in [4.78, 5) is 15.0. The Morgan fingerprint density at radius 1 is 0.872 bits per heavy atom. The van der Waals surface area contributed by atoms with Crippen LogP contribution in [-0.2, 0) is 24.7 Å². The zero-order chi connectivity index (χ0) is 27.8. The number of pyridine rings is 1. The number of nitrogens with zero attached hydrogens (tertiary/aromatic N) is 1. The fourth-order valence-corrected chi connectivity index (χ4v) is 8.55. The number of aromatic nitrogens is 1.